The Bertz CT molecular complexity index is 553. The van der Waals surface area contributed by atoms with Crippen LogP contribution in [0.4, 0.5) is 8.78 Å². The van der Waals surface area contributed by atoms with Crippen LogP contribution in [-0.2, 0) is 5.75 Å². The van der Waals surface area contributed by atoms with E-state index in [1.807, 2.05) is 24.3 Å². The molecule has 1 nitrogen and oxygen atoms in total. The second-order valence-electron chi connectivity index (χ2n) is 4.27. The molecule has 0 aliphatic heterocycles. The molecule has 1 N–H and O–H groups in total. The zero-order valence-corrected chi connectivity index (χ0v) is 11.3. The molecule has 0 aliphatic rings. The van der Waals surface area contributed by atoms with Crippen LogP contribution in [0.25, 0.3) is 0 Å². The van der Waals surface area contributed by atoms with Gasteiger partial charge in [-0.1, -0.05) is 12.1 Å². The van der Waals surface area contributed by atoms with E-state index in [0.717, 1.165) is 22.6 Å². The van der Waals surface area contributed by atoms with Crippen molar-refractivity contribution in [2.75, 3.05) is 0 Å². The topological polar surface area (TPSA) is 20.2 Å². The maximum absolute atomic E-state index is 13.4. The molecule has 0 aromatic heterocycles. The lowest BCUT2D eigenvalue weighted by atomic mass is 10.1. The van der Waals surface area contributed by atoms with Crippen molar-refractivity contribution in [1.29, 1.82) is 0 Å². The van der Waals surface area contributed by atoms with Gasteiger partial charge in [0.25, 0.3) is 0 Å². The average Bonchev–Trinajstić information content (AvgIpc) is 2.40. The van der Waals surface area contributed by atoms with Gasteiger partial charge in [-0.15, -0.1) is 11.8 Å². The first-order valence-electron chi connectivity index (χ1n) is 5.91. The highest BCUT2D eigenvalue weighted by Gasteiger charge is 2.05. The first-order chi connectivity index (χ1) is 9.06. The van der Waals surface area contributed by atoms with Crippen LogP contribution in [0.1, 0.15) is 24.2 Å². The number of rotatable bonds is 4. The summed E-state index contributed by atoms with van der Waals surface area (Å²) in [6.45, 7) is 1.70. The lowest BCUT2D eigenvalue weighted by molar-refractivity contribution is 0.199. The fraction of sp³-hybridized carbons (Fsp3) is 0.200. The summed E-state index contributed by atoms with van der Waals surface area (Å²) < 4.78 is 26.4. The van der Waals surface area contributed by atoms with Crippen LogP contribution in [0, 0.1) is 11.6 Å². The van der Waals surface area contributed by atoms with Crippen molar-refractivity contribution >= 4 is 11.8 Å². The van der Waals surface area contributed by atoms with Crippen LogP contribution < -0.4 is 0 Å². The largest absolute Gasteiger partial charge is 0.389 e. The predicted octanol–water partition coefficient (Wildman–Crippen LogP) is 4.31. The van der Waals surface area contributed by atoms with Crippen LogP contribution in [0.15, 0.2) is 47.4 Å². The molecule has 2 aromatic rings. The zero-order chi connectivity index (χ0) is 13.8. The molecule has 1 atom stereocenters. The van der Waals surface area contributed by atoms with E-state index in [-0.39, 0.29) is 0 Å². The number of aliphatic hydroxyl groups excluding tert-OH is 1. The Hall–Kier alpha value is -1.39. The van der Waals surface area contributed by atoms with Gasteiger partial charge < -0.3 is 5.11 Å². The van der Waals surface area contributed by atoms with Crippen molar-refractivity contribution in [1.82, 2.24) is 0 Å². The molecule has 0 aliphatic carbocycles. The first-order valence-corrected chi connectivity index (χ1v) is 6.89. The van der Waals surface area contributed by atoms with Gasteiger partial charge in [0.15, 0.2) is 0 Å². The van der Waals surface area contributed by atoms with Gasteiger partial charge in [0.2, 0.25) is 0 Å². The first kappa shape index (κ1) is 14.0. The Morgan fingerprint density at radius 1 is 1.11 bits per heavy atom. The van der Waals surface area contributed by atoms with Gasteiger partial charge in [-0.3, -0.25) is 0 Å². The van der Waals surface area contributed by atoms with Crippen molar-refractivity contribution in [3.8, 4) is 0 Å². The molecule has 0 heterocycles. The minimum atomic E-state index is -0.500. The van der Waals surface area contributed by atoms with Crippen molar-refractivity contribution in [3.05, 3.63) is 65.2 Å². The molecule has 0 radical (unpaired) electrons. The van der Waals surface area contributed by atoms with Gasteiger partial charge in [0.05, 0.1) is 6.10 Å². The van der Waals surface area contributed by atoms with E-state index in [2.05, 4.69) is 0 Å². The highest BCUT2D eigenvalue weighted by Crippen LogP contribution is 2.25. The van der Waals surface area contributed by atoms with Gasteiger partial charge in [-0.25, -0.2) is 8.78 Å². The predicted molar refractivity (Wildman–Crippen MR) is 73.0 cm³/mol. The molecule has 100 valence electrons. The van der Waals surface area contributed by atoms with Gasteiger partial charge >= 0.3 is 0 Å². The summed E-state index contributed by atoms with van der Waals surface area (Å²) in [5, 5.41) is 9.39. The summed E-state index contributed by atoms with van der Waals surface area (Å²) in [5.41, 5.74) is 1.19. The molecule has 0 amide bonds. The fourth-order valence-electron chi connectivity index (χ4n) is 1.66. The second kappa shape index (κ2) is 6.17. The third kappa shape index (κ3) is 3.78. The van der Waals surface area contributed by atoms with Crippen molar-refractivity contribution in [2.45, 2.75) is 23.7 Å². The Morgan fingerprint density at radius 3 is 2.42 bits per heavy atom. The average molecular weight is 280 g/mol. The highest BCUT2D eigenvalue weighted by molar-refractivity contribution is 7.98. The Balaban J connectivity index is 2.04. The molecule has 2 rings (SSSR count). The maximum atomic E-state index is 13.4. The lowest BCUT2D eigenvalue weighted by Crippen LogP contribution is -1.91. The van der Waals surface area contributed by atoms with Crippen molar-refractivity contribution in [2.24, 2.45) is 0 Å². The number of halogens is 2. The SMILES string of the molecule is CC(O)c1ccc(SCc2cc(F)ccc2F)cc1. The minimum absolute atomic E-state index is 0.351. The van der Waals surface area contributed by atoms with Gasteiger partial charge in [-0.05, 0) is 42.8 Å². The summed E-state index contributed by atoms with van der Waals surface area (Å²) in [6, 6.07) is 10.9. The minimum Gasteiger partial charge on any atom is -0.389 e. The van der Waals surface area contributed by atoms with E-state index in [1.54, 1.807) is 6.92 Å². The van der Waals surface area contributed by atoms with Gasteiger partial charge in [-0.2, -0.15) is 0 Å². The van der Waals surface area contributed by atoms with E-state index in [1.165, 1.54) is 17.8 Å². The monoisotopic (exact) mass is 280 g/mol. The molecule has 0 saturated carbocycles. The van der Waals surface area contributed by atoms with E-state index in [9.17, 15) is 13.9 Å². The van der Waals surface area contributed by atoms with Crippen LogP contribution in [0.2, 0.25) is 0 Å². The summed E-state index contributed by atoms with van der Waals surface area (Å²) in [6.07, 6.45) is -0.500. The maximum Gasteiger partial charge on any atom is 0.127 e. The fourth-order valence-corrected chi connectivity index (χ4v) is 2.53. The van der Waals surface area contributed by atoms with Crippen molar-refractivity contribution < 1.29 is 13.9 Å². The molecule has 0 spiro atoms. The lowest BCUT2D eigenvalue weighted by Gasteiger charge is -2.07. The molecule has 2 aromatic carbocycles. The summed E-state index contributed by atoms with van der Waals surface area (Å²) in [4.78, 5) is 0.952. The van der Waals surface area contributed by atoms with E-state index in [4.69, 9.17) is 0 Å². The molecule has 19 heavy (non-hydrogen) atoms. The van der Waals surface area contributed by atoms with E-state index < -0.39 is 17.7 Å². The number of thioether (sulfide) groups is 1. The molecule has 0 fully saturated rings. The molecular weight excluding hydrogens is 266 g/mol. The van der Waals surface area contributed by atoms with Crippen LogP contribution >= 0.6 is 11.8 Å². The molecule has 0 saturated heterocycles. The normalized spacial score (nSPS) is 12.4. The van der Waals surface area contributed by atoms with Crippen molar-refractivity contribution in [3.63, 3.8) is 0 Å². The standard InChI is InChI=1S/C15H14F2OS/c1-10(18)11-2-5-14(6-3-11)19-9-12-8-13(16)4-7-15(12)17/h2-8,10,18H,9H2,1H3. The number of aliphatic hydroxyl groups is 1. The third-order valence-corrected chi connectivity index (χ3v) is 3.83. The zero-order valence-electron chi connectivity index (χ0n) is 10.4. The van der Waals surface area contributed by atoms with E-state index >= 15 is 0 Å². The van der Waals surface area contributed by atoms with Crippen LogP contribution in [0.3, 0.4) is 0 Å². The number of hydrogen-bond donors (Lipinski definition) is 1. The number of hydrogen-bond acceptors (Lipinski definition) is 2. The van der Waals surface area contributed by atoms with Gasteiger partial charge in [0, 0.05) is 16.2 Å². The highest BCUT2D eigenvalue weighted by atomic mass is 32.2. The van der Waals surface area contributed by atoms with Gasteiger partial charge in [0.1, 0.15) is 11.6 Å². The third-order valence-electron chi connectivity index (χ3n) is 2.76. The summed E-state index contributed by atoms with van der Waals surface area (Å²) in [7, 11) is 0. The summed E-state index contributed by atoms with van der Waals surface area (Å²) in [5.74, 6) is -0.451. The quantitative estimate of drug-likeness (QED) is 0.842. The molecule has 1 unspecified atom stereocenters. The van der Waals surface area contributed by atoms with Crippen LogP contribution in [-0.4, -0.2) is 5.11 Å². The second-order valence-corrected chi connectivity index (χ2v) is 5.32. The van der Waals surface area contributed by atoms with E-state index in [0.29, 0.717) is 11.3 Å². The molecular formula is C15H14F2OS. The smallest absolute Gasteiger partial charge is 0.127 e. The Labute approximate surface area is 115 Å². The number of benzene rings is 2. The van der Waals surface area contributed by atoms with Crippen LogP contribution in [0.5, 0.6) is 0 Å². The summed E-state index contributed by atoms with van der Waals surface area (Å²) >= 11 is 1.43. The Morgan fingerprint density at radius 2 is 1.79 bits per heavy atom. The molecule has 4 heteroatoms. The Kier molecular flexibility index (Phi) is 4.56. The molecule has 0 bridgehead atoms.